The number of ketones is 1. The molecule has 0 spiro atoms. The summed E-state index contributed by atoms with van der Waals surface area (Å²) in [5, 5.41) is 10.5. The minimum absolute atomic E-state index is 0.183. The average Bonchev–Trinajstić information content (AvgIpc) is 2.15. The lowest BCUT2D eigenvalue weighted by molar-refractivity contribution is -0.385. The number of nitrogens with zero attached hydrogens (tertiary/aromatic N) is 1. The molecule has 0 aliphatic carbocycles. The van der Waals surface area contributed by atoms with Crippen LogP contribution in [-0.2, 0) is 4.79 Å². The summed E-state index contributed by atoms with van der Waals surface area (Å²) in [6, 6.07) is 3.54. The summed E-state index contributed by atoms with van der Waals surface area (Å²) < 4.78 is 13.2. The third kappa shape index (κ3) is 2.70. The summed E-state index contributed by atoms with van der Waals surface area (Å²) in [5.74, 6) is -1.02. The highest BCUT2D eigenvalue weighted by Crippen LogP contribution is 2.22. The van der Waals surface area contributed by atoms with Gasteiger partial charge in [-0.25, -0.2) is 4.39 Å². The first-order chi connectivity index (χ1) is 7.02. The van der Waals surface area contributed by atoms with E-state index in [4.69, 9.17) is 0 Å². The van der Waals surface area contributed by atoms with Crippen molar-refractivity contribution in [1.82, 2.24) is 0 Å². The zero-order chi connectivity index (χ0) is 11.4. The van der Waals surface area contributed by atoms with E-state index in [0.717, 1.165) is 18.2 Å². The monoisotopic (exact) mass is 209 g/mol. The maximum absolute atomic E-state index is 13.2. The van der Waals surface area contributed by atoms with Crippen molar-refractivity contribution in [2.75, 3.05) is 0 Å². The molecule has 0 N–H and O–H groups in total. The van der Waals surface area contributed by atoms with Crippen LogP contribution in [0.1, 0.15) is 12.5 Å². The number of allylic oxidation sites excluding steroid dienone is 1. The minimum atomic E-state index is -0.721. The molecule has 0 atom stereocenters. The minimum Gasteiger partial charge on any atom is -0.295 e. The summed E-state index contributed by atoms with van der Waals surface area (Å²) in [5.41, 5.74) is -0.537. The lowest BCUT2D eigenvalue weighted by atomic mass is 10.1. The smallest absolute Gasteiger partial charge is 0.279 e. The zero-order valence-electron chi connectivity index (χ0n) is 7.94. The van der Waals surface area contributed by atoms with E-state index < -0.39 is 10.7 Å². The summed E-state index contributed by atoms with van der Waals surface area (Å²) in [6.07, 6.45) is 2.20. The van der Waals surface area contributed by atoms with Crippen LogP contribution in [0.5, 0.6) is 0 Å². The van der Waals surface area contributed by atoms with E-state index in [-0.39, 0.29) is 17.0 Å². The molecule has 15 heavy (non-hydrogen) atoms. The Hall–Kier alpha value is -2.04. The average molecular weight is 209 g/mol. The second-order valence-electron chi connectivity index (χ2n) is 2.87. The lowest BCUT2D eigenvalue weighted by Gasteiger charge is -1.98. The second kappa shape index (κ2) is 4.45. The fourth-order valence-corrected chi connectivity index (χ4v) is 1.05. The molecular formula is C10H8FNO3. The van der Waals surface area contributed by atoms with Gasteiger partial charge in [-0.05, 0) is 25.1 Å². The van der Waals surface area contributed by atoms with Crippen molar-refractivity contribution >= 4 is 17.5 Å². The van der Waals surface area contributed by atoms with Gasteiger partial charge in [0.2, 0.25) is 0 Å². The molecule has 1 rings (SSSR count). The third-order valence-corrected chi connectivity index (χ3v) is 1.71. The van der Waals surface area contributed by atoms with Crippen molar-refractivity contribution in [3.05, 3.63) is 45.8 Å². The maximum Gasteiger partial charge on any atom is 0.279 e. The molecule has 0 bridgehead atoms. The van der Waals surface area contributed by atoms with Crippen LogP contribution in [0.3, 0.4) is 0 Å². The molecule has 0 saturated carbocycles. The van der Waals surface area contributed by atoms with Crippen LogP contribution < -0.4 is 0 Å². The number of nitro groups is 1. The predicted molar refractivity (Wildman–Crippen MR) is 52.8 cm³/mol. The van der Waals surface area contributed by atoms with E-state index in [1.807, 2.05) is 0 Å². The van der Waals surface area contributed by atoms with Gasteiger partial charge >= 0.3 is 0 Å². The molecule has 1 aromatic rings. The third-order valence-electron chi connectivity index (χ3n) is 1.71. The van der Waals surface area contributed by atoms with E-state index in [1.54, 1.807) is 0 Å². The fraction of sp³-hybridized carbons (Fsp3) is 0.100. The van der Waals surface area contributed by atoms with Crippen LogP contribution in [0.25, 0.3) is 6.08 Å². The Morgan fingerprint density at radius 1 is 1.53 bits per heavy atom. The van der Waals surface area contributed by atoms with Crippen molar-refractivity contribution in [3.63, 3.8) is 0 Å². The molecule has 0 saturated heterocycles. The number of benzene rings is 1. The van der Waals surface area contributed by atoms with Crippen LogP contribution >= 0.6 is 0 Å². The van der Waals surface area contributed by atoms with Gasteiger partial charge in [-0.15, -0.1) is 0 Å². The largest absolute Gasteiger partial charge is 0.295 e. The van der Waals surface area contributed by atoms with Crippen molar-refractivity contribution in [2.45, 2.75) is 6.92 Å². The molecule has 0 aromatic heterocycles. The molecule has 0 aliphatic rings. The van der Waals surface area contributed by atoms with Gasteiger partial charge in [-0.2, -0.15) is 0 Å². The Bertz CT molecular complexity index is 440. The predicted octanol–water partition coefficient (Wildman–Crippen LogP) is 2.34. The molecule has 1 aromatic carbocycles. The van der Waals surface area contributed by atoms with E-state index in [0.29, 0.717) is 0 Å². The molecule has 0 amide bonds. The molecule has 4 nitrogen and oxygen atoms in total. The normalized spacial score (nSPS) is 10.5. The van der Waals surface area contributed by atoms with Crippen molar-refractivity contribution in [3.8, 4) is 0 Å². The first kappa shape index (κ1) is 11.0. The number of hydrogen-bond donors (Lipinski definition) is 0. The van der Waals surface area contributed by atoms with Gasteiger partial charge in [-0.1, -0.05) is 6.07 Å². The highest BCUT2D eigenvalue weighted by atomic mass is 19.1. The summed E-state index contributed by atoms with van der Waals surface area (Å²) in [4.78, 5) is 20.5. The molecule has 0 unspecified atom stereocenters. The van der Waals surface area contributed by atoms with Gasteiger partial charge in [0.1, 0.15) is 5.82 Å². The van der Waals surface area contributed by atoms with Gasteiger partial charge in [0, 0.05) is 6.07 Å². The van der Waals surface area contributed by atoms with E-state index in [9.17, 15) is 19.3 Å². The van der Waals surface area contributed by atoms with Crippen LogP contribution in [0.4, 0.5) is 10.1 Å². The Morgan fingerprint density at radius 2 is 2.20 bits per heavy atom. The molecular weight excluding hydrogens is 201 g/mol. The molecule has 0 heterocycles. The van der Waals surface area contributed by atoms with Crippen LogP contribution in [0.15, 0.2) is 24.3 Å². The molecule has 0 fully saturated rings. The topological polar surface area (TPSA) is 60.2 Å². The van der Waals surface area contributed by atoms with E-state index >= 15 is 0 Å². The summed E-state index contributed by atoms with van der Waals surface area (Å²) in [6.45, 7) is 1.28. The maximum atomic E-state index is 13.2. The second-order valence-corrected chi connectivity index (χ2v) is 2.87. The van der Waals surface area contributed by atoms with Gasteiger partial charge in [0.25, 0.3) is 5.69 Å². The van der Waals surface area contributed by atoms with Gasteiger partial charge in [0.05, 0.1) is 10.5 Å². The van der Waals surface area contributed by atoms with E-state index in [2.05, 4.69) is 0 Å². The molecule has 78 valence electrons. The summed E-state index contributed by atoms with van der Waals surface area (Å²) >= 11 is 0. The Kier molecular flexibility index (Phi) is 3.28. The lowest BCUT2D eigenvalue weighted by Crippen LogP contribution is -1.94. The first-order valence-electron chi connectivity index (χ1n) is 4.14. The van der Waals surface area contributed by atoms with Crippen molar-refractivity contribution < 1.29 is 14.1 Å². The highest BCUT2D eigenvalue weighted by Gasteiger charge is 2.14. The van der Waals surface area contributed by atoms with Crippen LogP contribution in [0, 0.1) is 15.9 Å². The Balaban J connectivity index is 3.25. The highest BCUT2D eigenvalue weighted by molar-refractivity contribution is 5.92. The van der Waals surface area contributed by atoms with Crippen molar-refractivity contribution in [2.24, 2.45) is 0 Å². The van der Waals surface area contributed by atoms with Gasteiger partial charge in [0.15, 0.2) is 5.78 Å². The Labute approximate surface area is 85.2 Å². The van der Waals surface area contributed by atoms with E-state index in [1.165, 1.54) is 19.1 Å². The molecule has 0 aliphatic heterocycles. The number of nitro benzene ring substituents is 1. The van der Waals surface area contributed by atoms with Crippen molar-refractivity contribution in [1.29, 1.82) is 0 Å². The molecule has 0 radical (unpaired) electrons. The zero-order valence-corrected chi connectivity index (χ0v) is 7.94. The first-order valence-corrected chi connectivity index (χ1v) is 4.14. The number of halogens is 1. The summed E-state index contributed by atoms with van der Waals surface area (Å²) in [7, 11) is 0. The standard InChI is InChI=1S/C10H8FNO3/c1-7(13)5-6-8-9(11)3-2-4-10(8)12(14)15/h2-6H,1H3/b6-5+. The van der Waals surface area contributed by atoms with Crippen LogP contribution in [0.2, 0.25) is 0 Å². The fourth-order valence-electron chi connectivity index (χ4n) is 1.05. The SMILES string of the molecule is CC(=O)/C=C/c1c(F)cccc1[N+](=O)[O-]. The number of carbonyl (C=O) groups is 1. The van der Waals surface area contributed by atoms with Gasteiger partial charge in [-0.3, -0.25) is 14.9 Å². The van der Waals surface area contributed by atoms with Crippen LogP contribution in [-0.4, -0.2) is 10.7 Å². The number of rotatable bonds is 3. The number of hydrogen-bond acceptors (Lipinski definition) is 3. The number of carbonyl (C=O) groups excluding carboxylic acids is 1. The van der Waals surface area contributed by atoms with Gasteiger partial charge < -0.3 is 0 Å². The molecule has 5 heteroatoms. The quantitative estimate of drug-likeness (QED) is 0.436. The Morgan fingerprint density at radius 3 is 2.73 bits per heavy atom.